The first-order valence-electron chi connectivity index (χ1n) is 28.1. The molecular formula is C56H89N5O12. The molecule has 23 atom stereocenters. The number of amides is 1. The number of hydrogen-bond acceptors (Lipinski definition) is 14. The van der Waals surface area contributed by atoms with Gasteiger partial charge in [-0.1, -0.05) is 65.5 Å². The Hall–Kier alpha value is -2.55. The average molecular weight is 1020 g/mol. The third-order valence-electron chi connectivity index (χ3n) is 23.8. The van der Waals surface area contributed by atoms with Crippen LogP contribution < -0.4 is 16.4 Å². The number of nitrogens with two attached hydrogens (primary N) is 1. The summed E-state index contributed by atoms with van der Waals surface area (Å²) in [7, 11) is 1.82. The van der Waals surface area contributed by atoms with E-state index < -0.39 is 98.9 Å². The molecule has 7 aliphatic carbocycles. The third-order valence-corrected chi connectivity index (χ3v) is 23.8. The molecular weight excluding hydrogens is 935 g/mol. The molecule has 1 aromatic rings. The van der Waals surface area contributed by atoms with Gasteiger partial charge in [-0.2, -0.15) is 0 Å². The Morgan fingerprint density at radius 2 is 1.66 bits per heavy atom. The lowest BCUT2D eigenvalue weighted by Gasteiger charge is -2.75. The predicted molar refractivity (Wildman–Crippen MR) is 268 cm³/mol. The Labute approximate surface area is 431 Å². The first kappa shape index (κ1) is 53.8. The second-order valence-electron chi connectivity index (χ2n) is 26.8. The van der Waals surface area contributed by atoms with Crippen LogP contribution >= 0.6 is 0 Å². The zero-order valence-electron chi connectivity index (χ0n) is 44.2. The Morgan fingerprint density at radius 1 is 0.932 bits per heavy atom. The molecule has 73 heavy (non-hydrogen) atoms. The van der Waals surface area contributed by atoms with Gasteiger partial charge in [-0.15, -0.1) is 0 Å². The first-order chi connectivity index (χ1) is 34.6. The van der Waals surface area contributed by atoms with Crippen LogP contribution in [0.15, 0.2) is 24.2 Å². The van der Waals surface area contributed by atoms with Crippen LogP contribution in [0.4, 0.5) is 0 Å². The fourth-order valence-corrected chi connectivity index (χ4v) is 20.0. The van der Waals surface area contributed by atoms with Crippen LogP contribution in [0.2, 0.25) is 0 Å². The Balaban J connectivity index is 1.14. The van der Waals surface area contributed by atoms with E-state index in [-0.39, 0.29) is 73.1 Å². The molecule has 10 rings (SSSR count). The summed E-state index contributed by atoms with van der Waals surface area (Å²) in [5, 5.41) is 98.8. The number of nitrogens with zero attached hydrogens (tertiary/aromatic N) is 1. The number of hydrogen-bond donors (Lipinski definition) is 12. The molecule has 9 aliphatic rings. The van der Waals surface area contributed by atoms with Crippen LogP contribution in [0.5, 0.6) is 0 Å². The van der Waals surface area contributed by atoms with Gasteiger partial charge in [0.15, 0.2) is 6.29 Å². The highest BCUT2D eigenvalue weighted by Gasteiger charge is 2.76. The summed E-state index contributed by atoms with van der Waals surface area (Å²) in [4.78, 5) is 36.9. The van der Waals surface area contributed by atoms with E-state index in [2.05, 4.69) is 54.4 Å². The molecule has 1 spiro atoms. The molecule has 2 saturated heterocycles. The number of aliphatic carboxylic acids is 1. The van der Waals surface area contributed by atoms with Crippen LogP contribution in [0.25, 0.3) is 0 Å². The van der Waals surface area contributed by atoms with E-state index >= 15 is 4.79 Å². The van der Waals surface area contributed by atoms with Crippen LogP contribution in [0.1, 0.15) is 143 Å². The molecule has 17 nitrogen and oxygen atoms in total. The van der Waals surface area contributed by atoms with E-state index in [1.54, 1.807) is 12.5 Å². The van der Waals surface area contributed by atoms with Gasteiger partial charge in [0.05, 0.1) is 42.6 Å². The summed E-state index contributed by atoms with van der Waals surface area (Å²) in [6.45, 7) is 11.1. The first-order valence-corrected chi connectivity index (χ1v) is 28.1. The number of nitrogens with one attached hydrogen (secondary N) is 3. The Bertz CT molecular complexity index is 2230. The number of carboxylic acids is 1. The van der Waals surface area contributed by atoms with E-state index in [0.717, 1.165) is 44.2 Å². The number of H-pyrrole nitrogens is 1. The zero-order chi connectivity index (χ0) is 52.4. The maximum Gasteiger partial charge on any atom is 0.310 e. The molecule has 13 N–H and O–H groups in total. The molecule has 8 fully saturated rings. The fourth-order valence-electron chi connectivity index (χ4n) is 20.0. The van der Waals surface area contributed by atoms with Gasteiger partial charge >= 0.3 is 5.97 Å². The number of carboxylic acid groups (broad SMARTS) is 1. The van der Waals surface area contributed by atoms with Crippen LogP contribution in [-0.4, -0.2) is 145 Å². The molecule has 1 amide bonds. The third kappa shape index (κ3) is 7.71. The lowest BCUT2D eigenvalue weighted by molar-refractivity contribution is -0.341. The van der Waals surface area contributed by atoms with Crippen molar-refractivity contribution in [1.82, 2.24) is 20.6 Å². The van der Waals surface area contributed by atoms with Gasteiger partial charge in [0.1, 0.15) is 24.5 Å². The highest BCUT2D eigenvalue weighted by Crippen LogP contribution is 2.80. The summed E-state index contributed by atoms with van der Waals surface area (Å²) >= 11 is 0. The minimum absolute atomic E-state index is 0.00102. The number of aromatic nitrogens is 2. The summed E-state index contributed by atoms with van der Waals surface area (Å²) in [6.07, 6.45) is 6.72. The maximum atomic E-state index is 15.0. The van der Waals surface area contributed by atoms with Crippen molar-refractivity contribution in [3.8, 4) is 0 Å². The topological polar surface area (TPSA) is 293 Å². The van der Waals surface area contributed by atoms with Gasteiger partial charge in [-0.05, 0) is 147 Å². The van der Waals surface area contributed by atoms with Crippen molar-refractivity contribution < 1.29 is 59.9 Å². The van der Waals surface area contributed by atoms with Crippen LogP contribution in [0.3, 0.4) is 0 Å². The molecule has 410 valence electrons. The highest BCUT2D eigenvalue weighted by molar-refractivity contribution is 5.86. The van der Waals surface area contributed by atoms with Gasteiger partial charge in [-0.25, -0.2) is 4.98 Å². The largest absolute Gasteiger partial charge is 0.481 e. The average Bonchev–Trinajstić information content (AvgIpc) is 4.10. The predicted octanol–water partition coefficient (Wildman–Crippen LogP) is 3.55. The number of aliphatic hydroxyl groups excluding tert-OH is 7. The second-order valence-corrected chi connectivity index (χ2v) is 26.8. The van der Waals surface area contributed by atoms with Gasteiger partial charge in [-0.3, -0.25) is 9.59 Å². The van der Waals surface area contributed by atoms with Crippen molar-refractivity contribution in [1.29, 1.82) is 0 Å². The van der Waals surface area contributed by atoms with Crippen molar-refractivity contribution in [2.24, 2.45) is 91.0 Å². The monoisotopic (exact) mass is 1020 g/mol. The summed E-state index contributed by atoms with van der Waals surface area (Å²) in [5.74, 6) is -2.93. The summed E-state index contributed by atoms with van der Waals surface area (Å²) in [6, 6.07) is -0.456. The van der Waals surface area contributed by atoms with E-state index in [1.807, 2.05) is 14.0 Å². The van der Waals surface area contributed by atoms with Gasteiger partial charge < -0.3 is 71.7 Å². The number of allylic oxidation sites excluding steroid dienone is 2. The normalized spacial score (nSPS) is 49.1. The van der Waals surface area contributed by atoms with E-state index in [0.29, 0.717) is 64.3 Å². The molecule has 17 heteroatoms. The van der Waals surface area contributed by atoms with Crippen molar-refractivity contribution in [3.05, 3.63) is 29.9 Å². The van der Waals surface area contributed by atoms with E-state index in [4.69, 9.17) is 15.2 Å². The molecule has 3 heterocycles. The maximum absolute atomic E-state index is 15.0. The van der Waals surface area contributed by atoms with Crippen LogP contribution in [0, 0.1) is 85.2 Å². The number of aliphatic hydroxyl groups is 7. The molecule has 2 aliphatic heterocycles. The lowest BCUT2D eigenvalue weighted by Crippen LogP contribution is -2.73. The van der Waals surface area contributed by atoms with Gasteiger partial charge in [0.2, 0.25) is 5.91 Å². The molecule has 1 aromatic heterocycles. The smallest absolute Gasteiger partial charge is 0.310 e. The standard InChI is InChI=1S/C56H89N5O12/c1-50(26-62)20-31-11-9-10-30-21-56(31,49(70)71)36(22-50)33-12-13-40-52(3,54(30,33)5)17-14-39-51(2,27-63)45(73-47-44(67)43(66)38(64)25-72-47)42(65)35(53(39,40)4)19-34-41(61-48(69)55(34)15-7-8-16-55)32(37-24-59-28-60-37)18-29(23-58-6)46(57)68/h12,24,28-32,34-36,38-47,58,62-68H,7-11,13-23,25-27,57H2,1-6H3,(H,59,60)(H,61,69)(H,70,71)/t29-,30-,31-,32-,34-,35+,36-,38+,39+,40-,41-,42+,43-,44+,45+,46-,47-,50-,51-,52+,53-,54+,56+/m0/s1. The van der Waals surface area contributed by atoms with Crippen molar-refractivity contribution in [3.63, 3.8) is 0 Å². The van der Waals surface area contributed by atoms with Gasteiger partial charge in [0, 0.05) is 48.3 Å². The van der Waals surface area contributed by atoms with Crippen molar-refractivity contribution in [2.75, 3.05) is 33.4 Å². The molecule has 0 unspecified atom stereocenters. The molecule has 0 aromatic carbocycles. The number of imidazole rings is 1. The van der Waals surface area contributed by atoms with E-state index in [1.165, 1.54) is 5.57 Å². The molecule has 0 radical (unpaired) electrons. The molecule has 6 saturated carbocycles. The van der Waals surface area contributed by atoms with Crippen molar-refractivity contribution >= 4 is 11.9 Å². The van der Waals surface area contributed by atoms with Crippen LogP contribution in [-0.2, 0) is 19.1 Å². The van der Waals surface area contributed by atoms with Crippen molar-refractivity contribution in [2.45, 2.75) is 186 Å². The minimum Gasteiger partial charge on any atom is -0.481 e. The Kier molecular flexibility index (Phi) is 14.1. The quantitative estimate of drug-likeness (QED) is 0.0721. The summed E-state index contributed by atoms with van der Waals surface area (Å²) < 4.78 is 12.7. The van der Waals surface area contributed by atoms with Gasteiger partial charge in [0.25, 0.3) is 0 Å². The number of rotatable bonds is 14. The fraction of sp³-hybridized carbons (Fsp3) is 0.875. The second kappa shape index (κ2) is 19.1. The highest BCUT2D eigenvalue weighted by atomic mass is 16.7. The van der Waals surface area contributed by atoms with E-state index in [9.17, 15) is 45.6 Å². The SMILES string of the molecule is CNC[C@H](C[C@@H](c1cnc[nH]1)[C@@H]1NC(=O)C2(CCCC2)[C@H]1C[C@@H]1[C@@H](O)[C@@H](O[C@@H]2OC[C@@H](O)[C@H](O)[C@H]2O)[C@@](C)(CO)[C@H]2CC[C@]3(C)[C@H](CC=C4[C@@H]5C[C@@](C)(CO)C[C@@H]6CCC[C@@H](C[C@@]65C(=O)O)[C@]43C)[C@@]12C)[C@@H](N)O. The number of carbonyl (C=O) groups excluding carboxylic acids is 1. The Morgan fingerprint density at radius 3 is 2.30 bits per heavy atom. The number of carbonyl (C=O) groups is 2. The number of ether oxygens (including phenoxy) is 2. The summed E-state index contributed by atoms with van der Waals surface area (Å²) in [5.41, 5.74) is 3.51. The minimum atomic E-state index is -1.64. The number of aromatic amines is 1. The zero-order valence-corrected chi connectivity index (χ0v) is 44.2. The number of fused-ring (bicyclic) bond motifs is 8. The lowest BCUT2D eigenvalue weighted by atomic mass is 9.30. The molecule has 2 bridgehead atoms.